The summed E-state index contributed by atoms with van der Waals surface area (Å²) >= 11 is 5.92. The van der Waals surface area contributed by atoms with Gasteiger partial charge in [-0.1, -0.05) is 24.9 Å². The standard InChI is InChI=1S/C13H18ClN3O4/c1-2-3-6-16(7-8-18)13(19)15-12-5-4-10(17(20)21)9-11(12)14/h4-5,9,18H,2-3,6-8H2,1H3,(H,15,19). The summed E-state index contributed by atoms with van der Waals surface area (Å²) in [6.45, 7) is 2.61. The number of nitrogens with one attached hydrogen (secondary N) is 1. The Hall–Kier alpha value is -1.86. The van der Waals surface area contributed by atoms with Crippen molar-refractivity contribution < 1.29 is 14.8 Å². The third-order valence-electron chi connectivity index (χ3n) is 2.84. The van der Waals surface area contributed by atoms with E-state index >= 15 is 0 Å². The first-order valence-corrected chi connectivity index (χ1v) is 6.98. The van der Waals surface area contributed by atoms with Crippen LogP contribution in [0.1, 0.15) is 19.8 Å². The van der Waals surface area contributed by atoms with Crippen molar-refractivity contribution in [1.82, 2.24) is 4.90 Å². The highest BCUT2D eigenvalue weighted by Gasteiger charge is 2.15. The van der Waals surface area contributed by atoms with Crippen LogP contribution in [0.4, 0.5) is 16.2 Å². The molecule has 2 amide bonds. The van der Waals surface area contributed by atoms with Crippen molar-refractivity contribution in [2.75, 3.05) is 25.0 Å². The molecule has 2 N–H and O–H groups in total. The second kappa shape index (κ2) is 8.43. The molecule has 0 fully saturated rings. The van der Waals surface area contributed by atoms with Gasteiger partial charge >= 0.3 is 6.03 Å². The van der Waals surface area contributed by atoms with E-state index in [1.165, 1.54) is 23.1 Å². The smallest absolute Gasteiger partial charge is 0.321 e. The fourth-order valence-electron chi connectivity index (χ4n) is 1.70. The van der Waals surface area contributed by atoms with E-state index in [4.69, 9.17) is 16.7 Å². The molecule has 0 aliphatic heterocycles. The number of carbonyl (C=O) groups is 1. The Morgan fingerprint density at radius 1 is 1.48 bits per heavy atom. The summed E-state index contributed by atoms with van der Waals surface area (Å²) in [5, 5.41) is 22.3. The van der Waals surface area contributed by atoms with Gasteiger partial charge in [-0.15, -0.1) is 0 Å². The highest BCUT2D eigenvalue weighted by atomic mass is 35.5. The Balaban J connectivity index is 2.78. The lowest BCUT2D eigenvalue weighted by Gasteiger charge is -2.22. The molecule has 0 aromatic heterocycles. The second-order valence-electron chi connectivity index (χ2n) is 4.42. The lowest BCUT2D eigenvalue weighted by molar-refractivity contribution is -0.384. The van der Waals surface area contributed by atoms with Crippen molar-refractivity contribution in [2.24, 2.45) is 0 Å². The van der Waals surface area contributed by atoms with Crippen LogP contribution in [-0.4, -0.2) is 40.7 Å². The van der Waals surface area contributed by atoms with Crippen LogP contribution < -0.4 is 5.32 Å². The minimum atomic E-state index is -0.559. The van der Waals surface area contributed by atoms with E-state index in [0.717, 1.165) is 12.8 Å². The molecule has 0 spiro atoms. The van der Waals surface area contributed by atoms with Gasteiger partial charge in [0.1, 0.15) is 0 Å². The lowest BCUT2D eigenvalue weighted by Crippen LogP contribution is -2.37. The largest absolute Gasteiger partial charge is 0.395 e. The van der Waals surface area contributed by atoms with E-state index in [1.54, 1.807) is 0 Å². The van der Waals surface area contributed by atoms with Gasteiger partial charge in [-0.05, 0) is 12.5 Å². The molecule has 116 valence electrons. The van der Waals surface area contributed by atoms with E-state index in [9.17, 15) is 14.9 Å². The second-order valence-corrected chi connectivity index (χ2v) is 4.82. The minimum Gasteiger partial charge on any atom is -0.395 e. The molecule has 0 heterocycles. The normalized spacial score (nSPS) is 10.2. The maximum Gasteiger partial charge on any atom is 0.321 e. The van der Waals surface area contributed by atoms with Crippen LogP contribution >= 0.6 is 11.6 Å². The summed E-state index contributed by atoms with van der Waals surface area (Å²) < 4.78 is 0. The minimum absolute atomic E-state index is 0.0944. The number of benzene rings is 1. The number of nitrogens with zero attached hydrogens (tertiary/aromatic N) is 2. The summed E-state index contributed by atoms with van der Waals surface area (Å²) in [5.74, 6) is 0. The monoisotopic (exact) mass is 315 g/mol. The summed E-state index contributed by atoms with van der Waals surface area (Å²) in [6, 6.07) is 3.44. The van der Waals surface area contributed by atoms with Crippen molar-refractivity contribution in [3.63, 3.8) is 0 Å². The molecule has 1 aromatic rings. The number of unbranched alkanes of at least 4 members (excludes halogenated alkanes) is 1. The molecule has 0 radical (unpaired) electrons. The number of nitro benzene ring substituents is 1. The number of urea groups is 1. The molecule has 1 rings (SSSR count). The van der Waals surface area contributed by atoms with Crippen LogP contribution in [0.15, 0.2) is 18.2 Å². The van der Waals surface area contributed by atoms with Gasteiger partial charge in [0.2, 0.25) is 0 Å². The topological polar surface area (TPSA) is 95.7 Å². The molecule has 0 saturated carbocycles. The first-order chi connectivity index (χ1) is 9.99. The number of nitro groups is 1. The zero-order chi connectivity index (χ0) is 15.8. The molecule has 0 aliphatic carbocycles. The number of hydrogen-bond donors (Lipinski definition) is 2. The van der Waals surface area contributed by atoms with Gasteiger partial charge in [0.25, 0.3) is 5.69 Å². The highest BCUT2D eigenvalue weighted by molar-refractivity contribution is 6.33. The van der Waals surface area contributed by atoms with Crippen molar-refractivity contribution in [3.8, 4) is 0 Å². The maximum atomic E-state index is 12.1. The van der Waals surface area contributed by atoms with Gasteiger partial charge in [-0.25, -0.2) is 4.79 Å². The predicted octanol–water partition coefficient (Wildman–Crippen LogP) is 2.87. The van der Waals surface area contributed by atoms with Gasteiger partial charge in [0.05, 0.1) is 22.2 Å². The van der Waals surface area contributed by atoms with Crippen LogP contribution in [0, 0.1) is 10.1 Å². The summed E-state index contributed by atoms with van der Waals surface area (Å²) in [4.78, 5) is 23.6. The maximum absolute atomic E-state index is 12.1. The Morgan fingerprint density at radius 3 is 2.71 bits per heavy atom. The zero-order valence-electron chi connectivity index (χ0n) is 11.7. The fourth-order valence-corrected chi connectivity index (χ4v) is 1.92. The van der Waals surface area contributed by atoms with E-state index in [2.05, 4.69) is 5.32 Å². The molecule has 21 heavy (non-hydrogen) atoms. The number of amides is 2. The van der Waals surface area contributed by atoms with Crippen LogP contribution in [0.2, 0.25) is 5.02 Å². The first-order valence-electron chi connectivity index (χ1n) is 6.60. The quantitative estimate of drug-likeness (QED) is 0.597. The number of halogens is 1. The van der Waals surface area contributed by atoms with Gasteiger partial charge in [-0.3, -0.25) is 10.1 Å². The predicted molar refractivity (Wildman–Crippen MR) is 80.7 cm³/mol. The van der Waals surface area contributed by atoms with Crippen LogP contribution in [-0.2, 0) is 0 Å². The van der Waals surface area contributed by atoms with E-state index in [-0.39, 0.29) is 23.9 Å². The number of hydrogen-bond acceptors (Lipinski definition) is 4. The summed E-state index contributed by atoms with van der Waals surface area (Å²) in [5.41, 5.74) is 0.155. The summed E-state index contributed by atoms with van der Waals surface area (Å²) in [7, 11) is 0. The Morgan fingerprint density at radius 2 is 2.19 bits per heavy atom. The number of anilines is 1. The number of aliphatic hydroxyl groups excluding tert-OH is 1. The van der Waals surface area contributed by atoms with Crippen LogP contribution in [0.25, 0.3) is 0 Å². The Bertz CT molecular complexity index is 510. The average Bonchev–Trinajstić information content (AvgIpc) is 2.45. The van der Waals surface area contributed by atoms with Crippen LogP contribution in [0.5, 0.6) is 0 Å². The SMILES string of the molecule is CCCCN(CCO)C(=O)Nc1ccc([N+](=O)[O-])cc1Cl. The third kappa shape index (κ3) is 5.20. The molecular formula is C13H18ClN3O4. The van der Waals surface area contributed by atoms with Gasteiger partial charge in [-0.2, -0.15) is 0 Å². The molecule has 1 aromatic carbocycles. The van der Waals surface area contributed by atoms with E-state index in [1.807, 2.05) is 6.92 Å². The molecule has 0 bridgehead atoms. The third-order valence-corrected chi connectivity index (χ3v) is 3.16. The average molecular weight is 316 g/mol. The van der Waals surface area contributed by atoms with E-state index in [0.29, 0.717) is 12.2 Å². The van der Waals surface area contributed by atoms with Crippen molar-refractivity contribution >= 4 is 29.0 Å². The molecule has 0 unspecified atom stereocenters. The molecule has 0 atom stereocenters. The van der Waals surface area contributed by atoms with Gasteiger partial charge in [0, 0.05) is 25.2 Å². The van der Waals surface area contributed by atoms with Crippen molar-refractivity contribution in [2.45, 2.75) is 19.8 Å². The van der Waals surface area contributed by atoms with Crippen LogP contribution in [0.3, 0.4) is 0 Å². The van der Waals surface area contributed by atoms with Crippen molar-refractivity contribution in [3.05, 3.63) is 33.3 Å². The van der Waals surface area contributed by atoms with Gasteiger partial charge in [0.15, 0.2) is 0 Å². The lowest BCUT2D eigenvalue weighted by atomic mass is 10.3. The Kier molecular flexibility index (Phi) is 6.90. The van der Waals surface area contributed by atoms with Gasteiger partial charge < -0.3 is 15.3 Å². The number of rotatable bonds is 7. The first kappa shape index (κ1) is 17.2. The number of carbonyl (C=O) groups excluding carboxylic acids is 1. The molecule has 8 heteroatoms. The molecular weight excluding hydrogens is 298 g/mol. The molecule has 0 saturated heterocycles. The van der Waals surface area contributed by atoms with Crippen molar-refractivity contribution in [1.29, 1.82) is 0 Å². The summed E-state index contributed by atoms with van der Waals surface area (Å²) in [6.07, 6.45) is 1.74. The number of non-ortho nitro benzene ring substituents is 1. The molecule has 7 nitrogen and oxygen atoms in total. The molecule has 0 aliphatic rings. The fraction of sp³-hybridized carbons (Fsp3) is 0.462. The Labute approximate surface area is 127 Å². The highest BCUT2D eigenvalue weighted by Crippen LogP contribution is 2.26. The number of aliphatic hydroxyl groups is 1. The van der Waals surface area contributed by atoms with E-state index < -0.39 is 11.0 Å². The zero-order valence-corrected chi connectivity index (χ0v) is 12.5.